The smallest absolute Gasteiger partial charge is 0.326 e. The maximum Gasteiger partial charge on any atom is 0.326 e. The topological polar surface area (TPSA) is 92.7 Å². The highest BCUT2D eigenvalue weighted by molar-refractivity contribution is 5.84. The molecule has 102 valence electrons. The van der Waals surface area contributed by atoms with Gasteiger partial charge in [-0.2, -0.15) is 0 Å². The molecule has 0 aromatic rings. The average Bonchev–Trinajstić information content (AvgIpc) is 2.28. The average molecular weight is 257 g/mol. The third-order valence-electron chi connectivity index (χ3n) is 3.20. The van der Waals surface area contributed by atoms with E-state index in [1.807, 2.05) is 0 Å². The summed E-state index contributed by atoms with van der Waals surface area (Å²) in [6.07, 6.45) is 3.63. The van der Waals surface area contributed by atoms with Crippen LogP contribution in [-0.4, -0.2) is 36.1 Å². The van der Waals surface area contributed by atoms with E-state index < -0.39 is 18.0 Å². The first-order chi connectivity index (χ1) is 8.52. The Hall–Kier alpha value is -1.59. The zero-order valence-corrected chi connectivity index (χ0v) is 10.5. The summed E-state index contributed by atoms with van der Waals surface area (Å²) in [5.74, 6) is -1.47. The number of carboxylic acid groups (broad SMARTS) is 1. The third kappa shape index (κ3) is 4.73. The number of methoxy groups -OCH3 is 1. The van der Waals surface area contributed by atoms with Crippen molar-refractivity contribution in [2.24, 2.45) is 5.92 Å². The summed E-state index contributed by atoms with van der Waals surface area (Å²) in [7, 11) is 1.24. The van der Waals surface area contributed by atoms with Gasteiger partial charge >= 0.3 is 11.9 Å². The summed E-state index contributed by atoms with van der Waals surface area (Å²) in [6, 6.07) is -1.02. The van der Waals surface area contributed by atoms with Crippen LogP contribution in [0.3, 0.4) is 0 Å². The molecule has 1 aliphatic rings. The van der Waals surface area contributed by atoms with Crippen LogP contribution in [0.1, 0.15) is 38.5 Å². The molecule has 1 saturated carbocycles. The lowest BCUT2D eigenvalue weighted by Gasteiger charge is -2.25. The molecule has 6 nitrogen and oxygen atoms in total. The first-order valence-corrected chi connectivity index (χ1v) is 6.12. The van der Waals surface area contributed by atoms with Crippen LogP contribution in [0.25, 0.3) is 0 Å². The maximum atomic E-state index is 11.6. The maximum absolute atomic E-state index is 11.6. The molecule has 0 bridgehead atoms. The standard InChI is InChI=1S/C12H19NO5/c1-18-11(15)6-5-9(12(16)17)13-10(14)7-8-3-2-4-8/h8-9H,2-7H2,1H3,(H,13,14)(H,16,17). The quantitative estimate of drug-likeness (QED) is 0.655. The number of carbonyl (C=O) groups is 3. The Kier molecular flexibility index (Phi) is 5.61. The molecule has 1 unspecified atom stereocenters. The van der Waals surface area contributed by atoms with Crippen molar-refractivity contribution in [3.8, 4) is 0 Å². The summed E-state index contributed by atoms with van der Waals surface area (Å²) in [5, 5.41) is 11.4. The fraction of sp³-hybridized carbons (Fsp3) is 0.750. The second-order valence-corrected chi connectivity index (χ2v) is 4.57. The van der Waals surface area contributed by atoms with Crippen LogP contribution in [0.5, 0.6) is 0 Å². The van der Waals surface area contributed by atoms with Crippen molar-refractivity contribution in [3.05, 3.63) is 0 Å². The Balaban J connectivity index is 2.33. The van der Waals surface area contributed by atoms with Crippen molar-refractivity contribution >= 4 is 17.8 Å². The van der Waals surface area contributed by atoms with Crippen LogP contribution in [0.2, 0.25) is 0 Å². The van der Waals surface area contributed by atoms with Crippen LogP contribution in [0.15, 0.2) is 0 Å². The van der Waals surface area contributed by atoms with E-state index in [2.05, 4.69) is 10.1 Å². The van der Waals surface area contributed by atoms with Crippen molar-refractivity contribution in [1.29, 1.82) is 0 Å². The van der Waals surface area contributed by atoms with Crippen LogP contribution in [0.4, 0.5) is 0 Å². The SMILES string of the molecule is COC(=O)CCC(NC(=O)CC1CCC1)C(=O)O. The van der Waals surface area contributed by atoms with E-state index in [1.54, 1.807) is 0 Å². The lowest BCUT2D eigenvalue weighted by molar-refractivity contribution is -0.144. The molecule has 6 heteroatoms. The molecular formula is C12H19NO5. The van der Waals surface area contributed by atoms with Crippen molar-refractivity contribution in [1.82, 2.24) is 5.32 Å². The van der Waals surface area contributed by atoms with Gasteiger partial charge in [0.1, 0.15) is 6.04 Å². The van der Waals surface area contributed by atoms with Gasteiger partial charge in [-0.1, -0.05) is 6.42 Å². The Morgan fingerprint density at radius 2 is 2.06 bits per heavy atom. The highest BCUT2D eigenvalue weighted by Crippen LogP contribution is 2.29. The van der Waals surface area contributed by atoms with Gasteiger partial charge in [-0.05, 0) is 25.2 Å². The molecule has 0 aromatic heterocycles. The monoisotopic (exact) mass is 257 g/mol. The highest BCUT2D eigenvalue weighted by atomic mass is 16.5. The molecule has 1 aliphatic carbocycles. The number of carboxylic acids is 1. The van der Waals surface area contributed by atoms with Crippen molar-refractivity contribution in [2.45, 2.75) is 44.6 Å². The van der Waals surface area contributed by atoms with E-state index in [9.17, 15) is 14.4 Å². The summed E-state index contributed by atoms with van der Waals surface area (Å²) >= 11 is 0. The van der Waals surface area contributed by atoms with Gasteiger partial charge in [0.15, 0.2) is 0 Å². The van der Waals surface area contributed by atoms with E-state index in [0.29, 0.717) is 12.3 Å². The van der Waals surface area contributed by atoms with Gasteiger partial charge in [0.2, 0.25) is 5.91 Å². The summed E-state index contributed by atoms with van der Waals surface area (Å²) < 4.78 is 4.43. The van der Waals surface area contributed by atoms with Gasteiger partial charge in [-0.25, -0.2) is 4.79 Å². The molecule has 0 aromatic carbocycles. The fourth-order valence-corrected chi connectivity index (χ4v) is 1.83. The zero-order chi connectivity index (χ0) is 13.5. The minimum absolute atomic E-state index is 0.0167. The predicted octanol–water partition coefficient (Wildman–Crippen LogP) is 0.699. The first kappa shape index (κ1) is 14.5. The molecule has 0 spiro atoms. The lowest BCUT2D eigenvalue weighted by Crippen LogP contribution is -2.42. The van der Waals surface area contributed by atoms with Gasteiger partial charge in [0.05, 0.1) is 7.11 Å². The molecule has 2 N–H and O–H groups in total. The molecule has 0 radical (unpaired) electrons. The number of esters is 1. The normalized spacial score (nSPS) is 16.5. The van der Waals surface area contributed by atoms with Crippen LogP contribution in [0, 0.1) is 5.92 Å². The Bertz CT molecular complexity index is 324. The van der Waals surface area contributed by atoms with Crippen molar-refractivity contribution in [2.75, 3.05) is 7.11 Å². The minimum Gasteiger partial charge on any atom is -0.480 e. The van der Waals surface area contributed by atoms with E-state index in [-0.39, 0.29) is 18.7 Å². The van der Waals surface area contributed by atoms with E-state index in [1.165, 1.54) is 7.11 Å². The van der Waals surface area contributed by atoms with Crippen molar-refractivity contribution < 1.29 is 24.2 Å². The molecule has 0 heterocycles. The van der Waals surface area contributed by atoms with Gasteiger partial charge < -0.3 is 15.2 Å². The molecule has 0 aliphatic heterocycles. The number of nitrogens with one attached hydrogen (secondary N) is 1. The molecule has 1 fully saturated rings. The number of aliphatic carboxylic acids is 1. The Morgan fingerprint density at radius 1 is 1.39 bits per heavy atom. The number of ether oxygens (including phenoxy) is 1. The van der Waals surface area contributed by atoms with Crippen LogP contribution in [-0.2, 0) is 19.1 Å². The van der Waals surface area contributed by atoms with E-state index in [0.717, 1.165) is 19.3 Å². The van der Waals surface area contributed by atoms with Gasteiger partial charge in [-0.3, -0.25) is 9.59 Å². The highest BCUT2D eigenvalue weighted by Gasteiger charge is 2.25. The fourth-order valence-electron chi connectivity index (χ4n) is 1.83. The molecular weight excluding hydrogens is 238 g/mol. The number of carbonyl (C=O) groups excluding carboxylic acids is 2. The first-order valence-electron chi connectivity index (χ1n) is 6.12. The zero-order valence-electron chi connectivity index (χ0n) is 10.5. The molecule has 0 saturated heterocycles. The van der Waals surface area contributed by atoms with Crippen LogP contribution < -0.4 is 5.32 Å². The molecule has 18 heavy (non-hydrogen) atoms. The second-order valence-electron chi connectivity index (χ2n) is 4.57. The predicted molar refractivity (Wildman–Crippen MR) is 62.8 cm³/mol. The van der Waals surface area contributed by atoms with E-state index >= 15 is 0 Å². The number of hydrogen-bond donors (Lipinski definition) is 2. The summed E-state index contributed by atoms with van der Waals surface area (Å²) in [4.78, 5) is 33.5. The van der Waals surface area contributed by atoms with Crippen molar-refractivity contribution in [3.63, 3.8) is 0 Å². The van der Waals surface area contributed by atoms with Gasteiger partial charge in [0, 0.05) is 12.8 Å². The second kappa shape index (κ2) is 6.98. The number of hydrogen-bond acceptors (Lipinski definition) is 4. The summed E-state index contributed by atoms with van der Waals surface area (Å²) in [6.45, 7) is 0. The lowest BCUT2D eigenvalue weighted by atomic mass is 9.83. The molecule has 1 rings (SSSR count). The Morgan fingerprint density at radius 3 is 2.50 bits per heavy atom. The number of amides is 1. The molecule has 1 atom stereocenters. The van der Waals surface area contributed by atoms with Crippen LogP contribution >= 0.6 is 0 Å². The largest absolute Gasteiger partial charge is 0.480 e. The Labute approximate surface area is 106 Å². The molecule has 1 amide bonds. The summed E-state index contributed by atoms with van der Waals surface area (Å²) in [5.41, 5.74) is 0. The minimum atomic E-state index is -1.12. The third-order valence-corrected chi connectivity index (χ3v) is 3.20. The van der Waals surface area contributed by atoms with Gasteiger partial charge in [-0.15, -0.1) is 0 Å². The number of rotatable bonds is 7. The van der Waals surface area contributed by atoms with E-state index in [4.69, 9.17) is 5.11 Å². The van der Waals surface area contributed by atoms with Gasteiger partial charge in [0.25, 0.3) is 0 Å².